The van der Waals surface area contributed by atoms with E-state index in [4.69, 9.17) is 11.6 Å². The number of rotatable bonds is 6. The summed E-state index contributed by atoms with van der Waals surface area (Å²) in [5.74, 6) is 1.17. The molecule has 0 aliphatic carbocycles. The Labute approximate surface area is 216 Å². The molecule has 2 fully saturated rings. The molecule has 0 saturated carbocycles. The van der Waals surface area contributed by atoms with Crippen molar-refractivity contribution in [2.24, 2.45) is 0 Å². The van der Waals surface area contributed by atoms with Gasteiger partial charge in [-0.3, -0.25) is 9.59 Å². The second kappa shape index (κ2) is 11.6. The number of halogens is 1. The van der Waals surface area contributed by atoms with Crippen LogP contribution < -0.4 is 4.90 Å². The second-order valence-electron chi connectivity index (χ2n) is 9.09. The molecule has 8 nitrogen and oxygen atoms in total. The standard InChI is InChI=1S/C25H33ClN6O2S/c1-4-29-9-11-30(12-10-29)23(33)17-35-25-27-21(26)15-22(28-25)31-13-14-32(19(3)16-31)24(34)20-7-5-18(2)6-8-20/h5-8,15,19H,4,9-14,16-17H2,1-3H3. The third kappa shape index (κ3) is 6.45. The second-order valence-corrected chi connectivity index (χ2v) is 10.4. The fourth-order valence-corrected chi connectivity index (χ4v) is 5.46. The summed E-state index contributed by atoms with van der Waals surface area (Å²) in [6, 6.07) is 9.47. The number of carbonyl (C=O) groups is 2. The molecule has 1 atom stereocenters. The summed E-state index contributed by atoms with van der Waals surface area (Å²) in [5, 5.41) is 0.853. The zero-order valence-corrected chi connectivity index (χ0v) is 22.2. The normalized spacial score (nSPS) is 19.2. The molecule has 1 aromatic heterocycles. The van der Waals surface area contributed by atoms with Gasteiger partial charge in [-0.05, 0) is 32.5 Å². The first-order valence-electron chi connectivity index (χ1n) is 12.1. The van der Waals surface area contributed by atoms with Gasteiger partial charge in [-0.15, -0.1) is 0 Å². The molecule has 0 radical (unpaired) electrons. The molecule has 2 aromatic rings. The number of amides is 2. The van der Waals surface area contributed by atoms with E-state index in [-0.39, 0.29) is 17.9 Å². The average Bonchev–Trinajstić information content (AvgIpc) is 2.87. The van der Waals surface area contributed by atoms with Gasteiger partial charge in [0.2, 0.25) is 5.91 Å². The molecule has 4 rings (SSSR count). The molecule has 2 aliphatic rings. The number of thioether (sulfide) groups is 1. The Morgan fingerprint density at radius 1 is 1.06 bits per heavy atom. The Bertz CT molecular complexity index is 1040. The molecule has 2 aliphatic heterocycles. The average molecular weight is 517 g/mol. The van der Waals surface area contributed by atoms with Gasteiger partial charge >= 0.3 is 0 Å². The van der Waals surface area contributed by atoms with E-state index in [1.54, 1.807) is 6.07 Å². The number of hydrogen-bond acceptors (Lipinski definition) is 7. The summed E-state index contributed by atoms with van der Waals surface area (Å²) < 4.78 is 0. The van der Waals surface area contributed by atoms with Crippen LogP contribution in [0.3, 0.4) is 0 Å². The summed E-state index contributed by atoms with van der Waals surface area (Å²) >= 11 is 7.64. The largest absolute Gasteiger partial charge is 0.353 e. The zero-order chi connectivity index (χ0) is 24.9. The quantitative estimate of drug-likeness (QED) is 0.332. The summed E-state index contributed by atoms with van der Waals surface area (Å²) in [6.07, 6.45) is 0. The maximum Gasteiger partial charge on any atom is 0.254 e. The van der Waals surface area contributed by atoms with Crippen molar-refractivity contribution in [1.82, 2.24) is 24.7 Å². The highest BCUT2D eigenvalue weighted by Crippen LogP contribution is 2.25. The van der Waals surface area contributed by atoms with Crippen LogP contribution in [0, 0.1) is 6.92 Å². The predicted molar refractivity (Wildman–Crippen MR) is 140 cm³/mol. The van der Waals surface area contributed by atoms with Crippen LogP contribution in [0.4, 0.5) is 5.82 Å². The lowest BCUT2D eigenvalue weighted by Gasteiger charge is -2.40. The molecular weight excluding hydrogens is 484 g/mol. The zero-order valence-electron chi connectivity index (χ0n) is 20.6. The number of anilines is 1. The molecule has 2 saturated heterocycles. The highest BCUT2D eigenvalue weighted by atomic mass is 35.5. The van der Waals surface area contributed by atoms with Crippen LogP contribution in [0.25, 0.3) is 0 Å². The lowest BCUT2D eigenvalue weighted by Crippen LogP contribution is -2.54. The van der Waals surface area contributed by atoms with Crippen molar-refractivity contribution in [3.63, 3.8) is 0 Å². The maximum atomic E-state index is 13.0. The Morgan fingerprint density at radius 2 is 1.77 bits per heavy atom. The van der Waals surface area contributed by atoms with Gasteiger partial charge in [-0.1, -0.05) is 48.0 Å². The number of benzene rings is 1. The van der Waals surface area contributed by atoms with Crippen LogP contribution in [0.5, 0.6) is 0 Å². The predicted octanol–water partition coefficient (Wildman–Crippen LogP) is 3.05. The number of likely N-dealkylation sites (N-methyl/N-ethyl adjacent to an activating group) is 1. The third-order valence-electron chi connectivity index (χ3n) is 6.67. The fourth-order valence-electron chi connectivity index (χ4n) is 4.47. The number of aromatic nitrogens is 2. The Morgan fingerprint density at radius 3 is 2.43 bits per heavy atom. The van der Waals surface area contributed by atoms with Gasteiger partial charge in [0, 0.05) is 63.5 Å². The Kier molecular flexibility index (Phi) is 8.51. The van der Waals surface area contributed by atoms with Crippen molar-refractivity contribution < 1.29 is 9.59 Å². The van der Waals surface area contributed by atoms with Crippen molar-refractivity contribution >= 4 is 41.0 Å². The van der Waals surface area contributed by atoms with Gasteiger partial charge in [0.1, 0.15) is 11.0 Å². The first kappa shape index (κ1) is 25.7. The highest BCUT2D eigenvalue weighted by molar-refractivity contribution is 7.99. The van der Waals surface area contributed by atoms with E-state index in [0.717, 1.165) is 44.1 Å². The van der Waals surface area contributed by atoms with Gasteiger partial charge in [0.15, 0.2) is 5.16 Å². The first-order chi connectivity index (χ1) is 16.8. The molecule has 0 N–H and O–H groups in total. The fraction of sp³-hybridized carbons (Fsp3) is 0.520. The molecule has 0 bridgehead atoms. The molecule has 0 spiro atoms. The van der Waals surface area contributed by atoms with E-state index in [2.05, 4.69) is 26.7 Å². The monoisotopic (exact) mass is 516 g/mol. The number of piperazine rings is 2. The molecule has 2 amide bonds. The van der Waals surface area contributed by atoms with Gasteiger partial charge in [0.25, 0.3) is 5.91 Å². The smallest absolute Gasteiger partial charge is 0.254 e. The van der Waals surface area contributed by atoms with Crippen LogP contribution in [0.1, 0.15) is 29.8 Å². The summed E-state index contributed by atoms with van der Waals surface area (Å²) in [7, 11) is 0. The SMILES string of the molecule is CCN1CCN(C(=O)CSc2nc(Cl)cc(N3CCN(C(=O)c4ccc(C)cc4)C(C)C3)n2)CC1. The molecule has 3 heterocycles. The molecule has 1 unspecified atom stereocenters. The molecule has 10 heteroatoms. The van der Waals surface area contributed by atoms with Crippen molar-refractivity contribution in [2.75, 3.05) is 63.0 Å². The Balaban J connectivity index is 1.35. The van der Waals surface area contributed by atoms with Crippen LogP contribution in [-0.4, -0.2) is 101 Å². The van der Waals surface area contributed by atoms with E-state index in [9.17, 15) is 9.59 Å². The van der Waals surface area contributed by atoms with Crippen molar-refractivity contribution in [3.8, 4) is 0 Å². The number of carbonyl (C=O) groups excluding carboxylic acids is 2. The van der Waals surface area contributed by atoms with Crippen molar-refractivity contribution in [3.05, 3.63) is 46.6 Å². The summed E-state index contributed by atoms with van der Waals surface area (Å²) in [5.41, 5.74) is 1.84. The van der Waals surface area contributed by atoms with Crippen molar-refractivity contribution in [2.45, 2.75) is 32.0 Å². The van der Waals surface area contributed by atoms with Crippen LogP contribution in [0.15, 0.2) is 35.5 Å². The number of hydrogen-bond donors (Lipinski definition) is 0. The minimum absolute atomic E-state index is 0.0192. The molecular formula is C25H33ClN6O2S. The van der Waals surface area contributed by atoms with E-state index in [1.807, 2.05) is 47.9 Å². The molecule has 1 aromatic carbocycles. The van der Waals surface area contributed by atoms with Gasteiger partial charge in [-0.25, -0.2) is 9.97 Å². The summed E-state index contributed by atoms with van der Waals surface area (Å²) in [4.78, 5) is 43.0. The van der Waals surface area contributed by atoms with E-state index >= 15 is 0 Å². The number of aryl methyl sites for hydroxylation is 1. The highest BCUT2D eigenvalue weighted by Gasteiger charge is 2.29. The minimum atomic E-state index is 0.0192. The maximum absolute atomic E-state index is 13.0. The van der Waals surface area contributed by atoms with Crippen LogP contribution >= 0.6 is 23.4 Å². The van der Waals surface area contributed by atoms with Gasteiger partial charge < -0.3 is 19.6 Å². The minimum Gasteiger partial charge on any atom is -0.353 e. The third-order valence-corrected chi connectivity index (χ3v) is 7.69. The summed E-state index contributed by atoms with van der Waals surface area (Å²) in [6.45, 7) is 12.5. The molecule has 35 heavy (non-hydrogen) atoms. The van der Waals surface area contributed by atoms with E-state index < -0.39 is 0 Å². The lowest BCUT2D eigenvalue weighted by molar-refractivity contribution is -0.130. The Hall–Kier alpha value is -2.36. The number of nitrogens with zero attached hydrogens (tertiary/aromatic N) is 6. The van der Waals surface area contributed by atoms with Crippen LogP contribution in [0.2, 0.25) is 5.15 Å². The van der Waals surface area contributed by atoms with Crippen molar-refractivity contribution in [1.29, 1.82) is 0 Å². The first-order valence-corrected chi connectivity index (χ1v) is 13.5. The van der Waals surface area contributed by atoms with Crippen LogP contribution in [-0.2, 0) is 4.79 Å². The lowest BCUT2D eigenvalue weighted by atomic mass is 10.1. The van der Waals surface area contributed by atoms with E-state index in [0.29, 0.717) is 41.3 Å². The van der Waals surface area contributed by atoms with E-state index in [1.165, 1.54) is 11.8 Å². The topological polar surface area (TPSA) is 72.9 Å². The van der Waals surface area contributed by atoms with Gasteiger partial charge in [0.05, 0.1) is 5.75 Å². The van der Waals surface area contributed by atoms with Gasteiger partial charge in [-0.2, -0.15) is 0 Å². The molecule has 188 valence electrons.